The third kappa shape index (κ3) is 2.78. The lowest BCUT2D eigenvalue weighted by Gasteiger charge is -2.16. The number of nitrogen functional groups attached to an aromatic ring is 1. The van der Waals surface area contributed by atoms with Gasteiger partial charge in [-0.2, -0.15) is 10.2 Å². The second-order valence-corrected chi connectivity index (χ2v) is 3.43. The Morgan fingerprint density at radius 3 is 2.76 bits per heavy atom. The predicted molar refractivity (Wildman–Crippen MR) is 61.3 cm³/mol. The van der Waals surface area contributed by atoms with Crippen molar-refractivity contribution in [3.63, 3.8) is 0 Å². The Balaban J connectivity index is 3.21. The molecule has 0 atom stereocenters. The summed E-state index contributed by atoms with van der Waals surface area (Å²) in [6.07, 6.45) is 0.247. The highest BCUT2D eigenvalue weighted by Crippen LogP contribution is 2.28. The van der Waals surface area contributed by atoms with Crippen LogP contribution in [-0.2, 0) is 0 Å². The summed E-state index contributed by atoms with van der Waals surface area (Å²) in [5.74, 6) is 0.113. The molecule has 8 heteroatoms. The lowest BCUT2D eigenvalue weighted by molar-refractivity contribution is -0.385. The van der Waals surface area contributed by atoms with Gasteiger partial charge in [-0.3, -0.25) is 10.1 Å². The van der Waals surface area contributed by atoms with Gasteiger partial charge in [0, 0.05) is 13.6 Å². The van der Waals surface area contributed by atoms with Gasteiger partial charge in [0.05, 0.1) is 17.4 Å². The predicted octanol–water partition coefficient (Wildman–Crippen LogP) is 0.625. The Labute approximate surface area is 97.8 Å². The van der Waals surface area contributed by atoms with Crippen LogP contribution in [0.15, 0.2) is 0 Å². The molecular weight excluding hydrogens is 224 g/mol. The summed E-state index contributed by atoms with van der Waals surface area (Å²) < 4.78 is 0. The number of nitrogens with zero attached hydrogens (tertiary/aromatic N) is 5. The number of hydrogen-bond acceptors (Lipinski definition) is 7. The number of nitriles is 1. The molecule has 0 bridgehead atoms. The number of rotatable bonds is 4. The quantitative estimate of drug-likeness (QED) is 0.600. The maximum atomic E-state index is 10.9. The molecule has 90 valence electrons. The Hall–Kier alpha value is -2.43. The summed E-state index contributed by atoms with van der Waals surface area (Å²) in [4.78, 5) is 19.5. The van der Waals surface area contributed by atoms with Crippen molar-refractivity contribution in [3.8, 4) is 6.07 Å². The molecule has 2 N–H and O–H groups in total. The minimum Gasteiger partial charge on any atom is -0.368 e. The first kappa shape index (κ1) is 12.6. The first-order chi connectivity index (χ1) is 7.97. The fraction of sp³-hybridized carbons (Fsp3) is 0.444. The average Bonchev–Trinajstić information content (AvgIpc) is 2.23. The SMILES string of the molecule is Cc1nc(N)nc(N(C)CCC#N)c1[N+](=O)[O-]. The standard InChI is InChI=1S/C9H12N6O2/c1-6-7(15(16)17)8(13-9(11)12-6)14(2)5-3-4-10/h3,5H2,1-2H3,(H2,11,12,13). The van der Waals surface area contributed by atoms with Gasteiger partial charge in [0.2, 0.25) is 11.8 Å². The largest absolute Gasteiger partial charge is 0.368 e. The maximum absolute atomic E-state index is 10.9. The molecule has 1 aromatic rings. The highest BCUT2D eigenvalue weighted by Gasteiger charge is 2.23. The zero-order valence-corrected chi connectivity index (χ0v) is 9.54. The van der Waals surface area contributed by atoms with Crippen molar-refractivity contribution in [2.24, 2.45) is 0 Å². The van der Waals surface area contributed by atoms with Crippen molar-refractivity contribution in [1.82, 2.24) is 9.97 Å². The van der Waals surface area contributed by atoms with Crippen molar-refractivity contribution in [2.45, 2.75) is 13.3 Å². The second kappa shape index (κ2) is 5.07. The molecule has 0 aromatic carbocycles. The van der Waals surface area contributed by atoms with Crippen molar-refractivity contribution in [1.29, 1.82) is 5.26 Å². The minimum absolute atomic E-state index is 0.0214. The van der Waals surface area contributed by atoms with Crippen LogP contribution < -0.4 is 10.6 Å². The fourth-order valence-electron chi connectivity index (χ4n) is 1.38. The molecule has 1 rings (SSSR count). The van der Waals surface area contributed by atoms with E-state index >= 15 is 0 Å². The number of hydrogen-bond donors (Lipinski definition) is 1. The van der Waals surface area contributed by atoms with Crippen molar-refractivity contribution in [2.75, 3.05) is 24.2 Å². The van der Waals surface area contributed by atoms with Gasteiger partial charge in [-0.15, -0.1) is 0 Å². The Bertz CT molecular complexity index is 481. The number of aromatic nitrogens is 2. The molecule has 0 unspecified atom stereocenters. The molecule has 0 aliphatic carbocycles. The van der Waals surface area contributed by atoms with E-state index in [4.69, 9.17) is 11.0 Å². The summed E-state index contributed by atoms with van der Waals surface area (Å²) in [5, 5.41) is 19.4. The summed E-state index contributed by atoms with van der Waals surface area (Å²) in [6, 6.07) is 1.96. The third-order valence-corrected chi connectivity index (χ3v) is 2.16. The van der Waals surface area contributed by atoms with E-state index in [0.717, 1.165) is 0 Å². The Morgan fingerprint density at radius 2 is 2.24 bits per heavy atom. The molecule has 17 heavy (non-hydrogen) atoms. The summed E-state index contributed by atoms with van der Waals surface area (Å²) in [7, 11) is 1.62. The van der Waals surface area contributed by atoms with Gasteiger partial charge < -0.3 is 10.6 Å². The molecule has 0 fully saturated rings. The normalized spacial score (nSPS) is 9.71. The molecular formula is C9H12N6O2. The number of anilines is 2. The Kier molecular flexibility index (Phi) is 3.77. The van der Waals surface area contributed by atoms with Crippen LogP contribution in [0.25, 0.3) is 0 Å². The van der Waals surface area contributed by atoms with Crippen LogP contribution in [0.1, 0.15) is 12.1 Å². The van der Waals surface area contributed by atoms with Crippen LogP contribution in [0.2, 0.25) is 0 Å². The first-order valence-electron chi connectivity index (χ1n) is 4.84. The summed E-state index contributed by atoms with van der Waals surface area (Å²) >= 11 is 0. The molecule has 1 heterocycles. The topological polar surface area (TPSA) is 122 Å². The van der Waals surface area contributed by atoms with Gasteiger partial charge in [-0.25, -0.2) is 4.98 Å². The highest BCUT2D eigenvalue weighted by atomic mass is 16.6. The van der Waals surface area contributed by atoms with E-state index in [9.17, 15) is 10.1 Å². The lowest BCUT2D eigenvalue weighted by Crippen LogP contribution is -2.22. The van der Waals surface area contributed by atoms with E-state index in [1.807, 2.05) is 6.07 Å². The molecule has 0 saturated carbocycles. The van der Waals surface area contributed by atoms with Crippen LogP contribution >= 0.6 is 0 Å². The molecule has 8 nitrogen and oxygen atoms in total. The Morgan fingerprint density at radius 1 is 1.59 bits per heavy atom. The highest BCUT2D eigenvalue weighted by molar-refractivity contribution is 5.61. The smallest absolute Gasteiger partial charge is 0.332 e. The van der Waals surface area contributed by atoms with Gasteiger partial charge in [-0.1, -0.05) is 0 Å². The lowest BCUT2D eigenvalue weighted by atomic mass is 10.3. The first-order valence-corrected chi connectivity index (χ1v) is 4.84. The van der Waals surface area contributed by atoms with Crippen molar-refractivity contribution in [3.05, 3.63) is 15.8 Å². The van der Waals surface area contributed by atoms with Gasteiger partial charge in [0.25, 0.3) is 0 Å². The third-order valence-electron chi connectivity index (χ3n) is 2.16. The number of nitro groups is 1. The number of nitrogens with two attached hydrogens (primary N) is 1. The van der Waals surface area contributed by atoms with Crippen LogP contribution in [0, 0.1) is 28.4 Å². The zero-order valence-electron chi connectivity index (χ0n) is 9.54. The van der Waals surface area contributed by atoms with Crippen LogP contribution in [0.3, 0.4) is 0 Å². The average molecular weight is 236 g/mol. The van der Waals surface area contributed by atoms with E-state index in [0.29, 0.717) is 6.54 Å². The van der Waals surface area contributed by atoms with Gasteiger partial charge in [-0.05, 0) is 6.92 Å². The monoisotopic (exact) mass is 236 g/mol. The molecule has 0 aliphatic heterocycles. The van der Waals surface area contributed by atoms with Crippen molar-refractivity contribution < 1.29 is 4.92 Å². The molecule has 1 aromatic heterocycles. The maximum Gasteiger partial charge on any atom is 0.332 e. The summed E-state index contributed by atoms with van der Waals surface area (Å²) in [5.41, 5.74) is 5.49. The zero-order chi connectivity index (χ0) is 13.0. The van der Waals surface area contributed by atoms with Crippen molar-refractivity contribution >= 4 is 17.5 Å². The summed E-state index contributed by atoms with van der Waals surface area (Å²) in [6.45, 7) is 1.84. The minimum atomic E-state index is -0.549. The van der Waals surface area contributed by atoms with E-state index in [-0.39, 0.29) is 29.6 Å². The second-order valence-electron chi connectivity index (χ2n) is 3.43. The van der Waals surface area contributed by atoms with Crippen LogP contribution in [-0.4, -0.2) is 28.5 Å². The van der Waals surface area contributed by atoms with Crippen LogP contribution in [0.4, 0.5) is 17.5 Å². The van der Waals surface area contributed by atoms with E-state index in [2.05, 4.69) is 9.97 Å². The van der Waals surface area contributed by atoms with E-state index in [1.54, 1.807) is 7.05 Å². The van der Waals surface area contributed by atoms with Gasteiger partial charge >= 0.3 is 5.69 Å². The molecule has 0 spiro atoms. The van der Waals surface area contributed by atoms with Crippen LogP contribution in [0.5, 0.6) is 0 Å². The molecule has 0 radical (unpaired) electrons. The van der Waals surface area contributed by atoms with E-state index < -0.39 is 4.92 Å². The molecule has 0 amide bonds. The van der Waals surface area contributed by atoms with Gasteiger partial charge in [0.15, 0.2) is 0 Å². The fourth-order valence-corrected chi connectivity index (χ4v) is 1.38. The van der Waals surface area contributed by atoms with E-state index in [1.165, 1.54) is 11.8 Å². The number of aryl methyl sites for hydroxylation is 1. The van der Waals surface area contributed by atoms with Gasteiger partial charge in [0.1, 0.15) is 5.69 Å². The molecule has 0 saturated heterocycles. The molecule has 0 aliphatic rings.